The highest BCUT2D eigenvalue weighted by Gasteiger charge is 2.44. The molecule has 1 fully saturated rings. The lowest BCUT2D eigenvalue weighted by Gasteiger charge is -2.27. The monoisotopic (exact) mass is 533 g/mol. The average molecular weight is 534 g/mol. The van der Waals surface area contributed by atoms with Crippen molar-refractivity contribution in [2.24, 2.45) is 11.3 Å². The van der Waals surface area contributed by atoms with E-state index in [1.54, 1.807) is 18.2 Å². The number of nitrogens with one attached hydrogen (secondary N) is 2. The molecule has 2 unspecified atom stereocenters. The van der Waals surface area contributed by atoms with Crippen LogP contribution < -0.4 is 10.6 Å². The van der Waals surface area contributed by atoms with Gasteiger partial charge in [-0.05, 0) is 30.0 Å². The van der Waals surface area contributed by atoms with Crippen molar-refractivity contribution in [3.8, 4) is 0 Å². The highest BCUT2D eigenvalue weighted by atomic mass is 16.5. The summed E-state index contributed by atoms with van der Waals surface area (Å²) in [6, 6.07) is 3.79. The van der Waals surface area contributed by atoms with Gasteiger partial charge in [-0.3, -0.25) is 34.2 Å². The van der Waals surface area contributed by atoms with Gasteiger partial charge in [0.05, 0.1) is 56.7 Å². The number of fused-ring (bicyclic) bond motifs is 1. The molecule has 0 radical (unpaired) electrons. The van der Waals surface area contributed by atoms with Crippen LogP contribution in [0.5, 0.6) is 0 Å². The smallest absolute Gasteiger partial charge is 0.309 e. The molecule has 38 heavy (non-hydrogen) atoms. The summed E-state index contributed by atoms with van der Waals surface area (Å²) in [7, 11) is 0. The van der Waals surface area contributed by atoms with Crippen LogP contribution in [0.2, 0.25) is 0 Å². The standard InChI is InChI=1S/C26H35N3O9/c1-26(2,3)19(25(34)35)15-38-13-12-37-11-10-36-9-8-27-16-4-5-17-18(14-16)24(33)29(23(17)32)20-6-7-21(30)28-22(20)31/h4-5,14,19-20,27H,6-13,15H2,1-3H3,(H,34,35)(H,28,30,31). The van der Waals surface area contributed by atoms with E-state index in [9.17, 15) is 29.1 Å². The second-order valence-electron chi connectivity index (χ2n) is 10.2. The molecule has 3 N–H and O–H groups in total. The van der Waals surface area contributed by atoms with Crippen molar-refractivity contribution in [2.75, 3.05) is 51.5 Å². The average Bonchev–Trinajstić information content (AvgIpc) is 3.08. The number of aliphatic carboxylic acids is 1. The Labute approximate surface area is 221 Å². The van der Waals surface area contributed by atoms with E-state index in [2.05, 4.69) is 10.6 Å². The molecule has 2 heterocycles. The number of carbonyl (C=O) groups excluding carboxylic acids is 4. The Balaban J connectivity index is 1.32. The minimum Gasteiger partial charge on any atom is -0.481 e. The summed E-state index contributed by atoms with van der Waals surface area (Å²) in [6.45, 7) is 7.87. The number of ether oxygens (including phenoxy) is 3. The molecule has 1 aromatic carbocycles. The van der Waals surface area contributed by atoms with Gasteiger partial charge in [0, 0.05) is 18.7 Å². The maximum atomic E-state index is 12.9. The molecule has 0 spiro atoms. The Morgan fingerprint density at radius 1 is 1.03 bits per heavy atom. The second-order valence-corrected chi connectivity index (χ2v) is 10.2. The first-order valence-electron chi connectivity index (χ1n) is 12.6. The van der Waals surface area contributed by atoms with Crippen molar-refractivity contribution in [3.63, 3.8) is 0 Å². The van der Waals surface area contributed by atoms with Crippen molar-refractivity contribution < 1.29 is 43.3 Å². The lowest BCUT2D eigenvalue weighted by molar-refractivity contribution is -0.149. The number of carboxylic acid groups (broad SMARTS) is 1. The molecule has 1 saturated heterocycles. The summed E-state index contributed by atoms with van der Waals surface area (Å²) in [5, 5.41) is 14.6. The summed E-state index contributed by atoms with van der Waals surface area (Å²) >= 11 is 0. The van der Waals surface area contributed by atoms with Crippen LogP contribution in [-0.4, -0.2) is 91.8 Å². The van der Waals surface area contributed by atoms with Crippen LogP contribution in [-0.2, 0) is 28.6 Å². The molecule has 12 heteroatoms. The topological polar surface area (TPSA) is 161 Å². The molecule has 0 aromatic heterocycles. The van der Waals surface area contributed by atoms with Gasteiger partial charge >= 0.3 is 5.97 Å². The molecule has 2 atom stereocenters. The number of piperidine rings is 1. The number of anilines is 1. The predicted octanol–water partition coefficient (Wildman–Crippen LogP) is 1.30. The molecule has 4 amide bonds. The summed E-state index contributed by atoms with van der Waals surface area (Å²) in [5.41, 5.74) is 0.664. The van der Waals surface area contributed by atoms with Gasteiger partial charge < -0.3 is 24.6 Å². The van der Waals surface area contributed by atoms with Gasteiger partial charge in [-0.25, -0.2) is 0 Å². The lowest BCUT2D eigenvalue weighted by Crippen LogP contribution is -2.54. The number of benzene rings is 1. The minimum absolute atomic E-state index is 0.0695. The Morgan fingerprint density at radius 2 is 1.66 bits per heavy atom. The molecule has 208 valence electrons. The SMILES string of the molecule is CC(C)(C)C(COCCOCCOCCNc1ccc2c(c1)C(=O)N(C1CCC(=O)NC1=O)C2=O)C(=O)O. The number of carbonyl (C=O) groups is 5. The third-order valence-corrected chi connectivity index (χ3v) is 6.39. The van der Waals surface area contributed by atoms with Crippen LogP contribution in [0, 0.1) is 11.3 Å². The van der Waals surface area contributed by atoms with E-state index < -0.39 is 47.0 Å². The summed E-state index contributed by atoms with van der Waals surface area (Å²) in [4.78, 5) is 61.4. The van der Waals surface area contributed by atoms with Gasteiger partial charge in [0.25, 0.3) is 11.8 Å². The van der Waals surface area contributed by atoms with Crippen LogP contribution in [0.1, 0.15) is 54.3 Å². The highest BCUT2D eigenvalue weighted by Crippen LogP contribution is 2.29. The van der Waals surface area contributed by atoms with Crippen LogP contribution >= 0.6 is 0 Å². The zero-order valence-electron chi connectivity index (χ0n) is 21.9. The highest BCUT2D eigenvalue weighted by molar-refractivity contribution is 6.23. The Bertz CT molecular complexity index is 1070. The zero-order valence-corrected chi connectivity index (χ0v) is 21.9. The van der Waals surface area contributed by atoms with Gasteiger partial charge in [-0.15, -0.1) is 0 Å². The van der Waals surface area contributed by atoms with Gasteiger partial charge in [-0.2, -0.15) is 0 Å². The number of nitrogens with zero attached hydrogens (tertiary/aromatic N) is 1. The van der Waals surface area contributed by atoms with Gasteiger partial charge in [0.1, 0.15) is 6.04 Å². The van der Waals surface area contributed by atoms with Crippen LogP contribution in [0.4, 0.5) is 5.69 Å². The van der Waals surface area contributed by atoms with Gasteiger partial charge in [0.15, 0.2) is 0 Å². The van der Waals surface area contributed by atoms with Crippen molar-refractivity contribution in [1.82, 2.24) is 10.2 Å². The first kappa shape index (κ1) is 29.2. The van der Waals surface area contributed by atoms with Gasteiger partial charge in [0.2, 0.25) is 11.8 Å². The fraction of sp³-hybridized carbons (Fsp3) is 0.577. The van der Waals surface area contributed by atoms with Crippen LogP contribution in [0.15, 0.2) is 18.2 Å². The number of carboxylic acids is 1. The molecule has 0 aliphatic carbocycles. The molecule has 0 saturated carbocycles. The van der Waals surface area contributed by atoms with Gasteiger partial charge in [-0.1, -0.05) is 20.8 Å². The maximum Gasteiger partial charge on any atom is 0.309 e. The van der Waals surface area contributed by atoms with Crippen LogP contribution in [0.3, 0.4) is 0 Å². The number of imide groups is 2. The number of hydrogen-bond donors (Lipinski definition) is 3. The van der Waals surface area contributed by atoms with Crippen molar-refractivity contribution in [2.45, 2.75) is 39.7 Å². The fourth-order valence-corrected chi connectivity index (χ4v) is 4.18. The van der Waals surface area contributed by atoms with E-state index in [1.165, 1.54) is 0 Å². The van der Waals surface area contributed by atoms with E-state index in [4.69, 9.17) is 14.2 Å². The molecule has 0 bridgehead atoms. The quantitative estimate of drug-likeness (QED) is 0.235. The summed E-state index contributed by atoms with van der Waals surface area (Å²) in [5.74, 6) is -3.64. The number of rotatable bonds is 14. The van der Waals surface area contributed by atoms with E-state index in [0.717, 1.165) is 4.90 Å². The third kappa shape index (κ3) is 7.36. The molecular weight excluding hydrogens is 498 g/mol. The van der Waals surface area contributed by atoms with E-state index >= 15 is 0 Å². The lowest BCUT2D eigenvalue weighted by atomic mass is 9.81. The Kier molecular flexibility index (Phi) is 9.95. The normalized spacial score (nSPS) is 18.4. The summed E-state index contributed by atoms with van der Waals surface area (Å²) < 4.78 is 16.4. The molecule has 3 rings (SSSR count). The van der Waals surface area contributed by atoms with E-state index in [-0.39, 0.29) is 30.6 Å². The van der Waals surface area contributed by atoms with Crippen molar-refractivity contribution >= 4 is 35.3 Å². The third-order valence-electron chi connectivity index (χ3n) is 6.39. The van der Waals surface area contributed by atoms with Crippen molar-refractivity contribution in [3.05, 3.63) is 29.3 Å². The zero-order chi connectivity index (χ0) is 27.9. The largest absolute Gasteiger partial charge is 0.481 e. The van der Waals surface area contributed by atoms with Crippen molar-refractivity contribution in [1.29, 1.82) is 0 Å². The van der Waals surface area contributed by atoms with E-state index in [0.29, 0.717) is 45.3 Å². The molecular formula is C26H35N3O9. The minimum atomic E-state index is -0.996. The number of amides is 4. The second kappa shape index (κ2) is 12.9. The first-order chi connectivity index (χ1) is 18.0. The Hall–Kier alpha value is -3.35. The number of hydrogen-bond acceptors (Lipinski definition) is 9. The molecule has 2 aliphatic rings. The summed E-state index contributed by atoms with van der Waals surface area (Å²) in [6.07, 6.45) is 0.178. The Morgan fingerprint density at radius 3 is 2.29 bits per heavy atom. The first-order valence-corrected chi connectivity index (χ1v) is 12.6. The van der Waals surface area contributed by atoms with Crippen LogP contribution in [0.25, 0.3) is 0 Å². The molecule has 1 aromatic rings. The molecule has 12 nitrogen and oxygen atoms in total. The molecule has 2 aliphatic heterocycles. The van der Waals surface area contributed by atoms with E-state index in [1.807, 2.05) is 20.8 Å². The predicted molar refractivity (Wildman–Crippen MR) is 135 cm³/mol. The maximum absolute atomic E-state index is 12.9. The fourth-order valence-electron chi connectivity index (χ4n) is 4.18.